The van der Waals surface area contributed by atoms with E-state index < -0.39 is 8.07 Å². The molecule has 0 saturated heterocycles. The van der Waals surface area contributed by atoms with Gasteiger partial charge in [-0.25, -0.2) is 0 Å². The average Bonchev–Trinajstić information content (AvgIpc) is 3.99. The van der Waals surface area contributed by atoms with Gasteiger partial charge in [-0.15, -0.1) is 11.3 Å². The summed E-state index contributed by atoms with van der Waals surface area (Å²) in [6.45, 7) is 5.09. The van der Waals surface area contributed by atoms with Gasteiger partial charge in [-0.3, -0.25) is 0 Å². The summed E-state index contributed by atoms with van der Waals surface area (Å²) in [7, 11) is -2.10. The lowest BCUT2D eigenvalue weighted by atomic mass is 9.97. The molecule has 3 heteroatoms. The first-order valence-corrected chi connectivity index (χ1v) is 26.4. The summed E-state index contributed by atoms with van der Waals surface area (Å²) in [6, 6.07) is 83.7. The first-order valence-electron chi connectivity index (χ1n) is 22.6. The zero-order valence-corrected chi connectivity index (χ0v) is 38.0. The molecule has 13 rings (SSSR count). The van der Waals surface area contributed by atoms with Gasteiger partial charge in [0, 0.05) is 36.6 Å². The number of nitrogens with zero attached hydrogens (tertiary/aromatic N) is 1. The van der Waals surface area contributed by atoms with Crippen molar-refractivity contribution < 1.29 is 0 Å². The van der Waals surface area contributed by atoms with E-state index in [2.05, 4.69) is 242 Å². The topological polar surface area (TPSA) is 4.93 Å². The first kappa shape index (κ1) is 37.9. The van der Waals surface area contributed by atoms with E-state index in [0.717, 1.165) is 0 Å². The quantitative estimate of drug-likeness (QED) is 0.147. The lowest BCUT2D eigenvalue weighted by Crippen LogP contribution is -2.49. The van der Waals surface area contributed by atoms with Crippen LogP contribution in [-0.2, 0) is 0 Å². The monoisotopic (exact) mass is 861 g/mol. The molecule has 2 aromatic heterocycles. The molecule has 3 heterocycles. The highest BCUT2D eigenvalue weighted by molar-refractivity contribution is 7.26. The van der Waals surface area contributed by atoms with Crippen LogP contribution in [0.1, 0.15) is 0 Å². The number of benzene rings is 10. The molecular weight excluding hydrogens is 819 g/mol. The second-order valence-corrected chi connectivity index (χ2v) is 23.5. The second kappa shape index (κ2) is 14.8. The van der Waals surface area contributed by atoms with Gasteiger partial charge in [0.05, 0.1) is 11.0 Å². The predicted octanol–water partition coefficient (Wildman–Crippen LogP) is 16.3. The van der Waals surface area contributed by atoms with Crippen molar-refractivity contribution in [2.24, 2.45) is 0 Å². The van der Waals surface area contributed by atoms with Gasteiger partial charge in [0.25, 0.3) is 0 Å². The standard InChI is InChI=1S/C62H43NSSi/c1-65(2)60-38-48(50-17-11-18-54-51-16-9-10-19-59(51)64-62(50)54)28-32-52(60)53-33-31-49(39-61(53)65)63-57-34-29-46(44-24-20-42(21-25-44)40-12-5-3-6-13-40)36-55(57)56-37-47(30-35-58(56)63)45-26-22-43(23-27-45)41-14-7-4-8-15-41/h3-39H,1-2H3. The summed E-state index contributed by atoms with van der Waals surface area (Å²) < 4.78 is 5.23. The van der Waals surface area contributed by atoms with Gasteiger partial charge in [0.2, 0.25) is 0 Å². The van der Waals surface area contributed by atoms with Crippen LogP contribution in [0.4, 0.5) is 0 Å². The maximum atomic E-state index is 2.54. The largest absolute Gasteiger partial charge is 0.309 e. The Morgan fingerprint density at radius 3 is 1.38 bits per heavy atom. The van der Waals surface area contributed by atoms with E-state index in [1.165, 1.54) is 125 Å². The Labute approximate surface area is 384 Å². The van der Waals surface area contributed by atoms with Gasteiger partial charge in [0.15, 0.2) is 0 Å². The maximum absolute atomic E-state index is 2.54. The van der Waals surface area contributed by atoms with E-state index in [9.17, 15) is 0 Å². The molecule has 0 radical (unpaired) electrons. The van der Waals surface area contributed by atoms with Crippen LogP contribution in [0.3, 0.4) is 0 Å². The van der Waals surface area contributed by atoms with Crippen molar-refractivity contribution in [2.45, 2.75) is 13.1 Å². The molecule has 0 atom stereocenters. The Hall–Kier alpha value is -7.56. The third-order valence-electron chi connectivity index (χ3n) is 14.0. The lowest BCUT2D eigenvalue weighted by Gasteiger charge is -2.21. The molecule has 0 bridgehead atoms. The minimum Gasteiger partial charge on any atom is -0.309 e. The zero-order chi connectivity index (χ0) is 43.2. The molecule has 0 fully saturated rings. The number of fused-ring (bicyclic) bond motifs is 9. The molecule has 65 heavy (non-hydrogen) atoms. The Balaban J connectivity index is 0.930. The van der Waals surface area contributed by atoms with Gasteiger partial charge in [0.1, 0.15) is 8.07 Å². The molecule has 0 aliphatic carbocycles. The number of aromatic nitrogens is 1. The molecular formula is C62H43NSSi. The van der Waals surface area contributed by atoms with Crippen molar-refractivity contribution in [1.82, 2.24) is 4.57 Å². The summed E-state index contributed by atoms with van der Waals surface area (Å²) in [5, 5.41) is 8.23. The van der Waals surface area contributed by atoms with Crippen molar-refractivity contribution in [3.63, 3.8) is 0 Å². The van der Waals surface area contributed by atoms with Gasteiger partial charge in [-0.2, -0.15) is 0 Å². The molecule has 0 amide bonds. The Morgan fingerprint density at radius 2 is 0.785 bits per heavy atom. The molecule has 1 aliphatic rings. The smallest absolute Gasteiger partial charge is 0.113 e. The Morgan fingerprint density at radius 1 is 0.323 bits per heavy atom. The van der Waals surface area contributed by atoms with E-state index in [4.69, 9.17) is 0 Å². The fraction of sp³-hybridized carbons (Fsp3) is 0.0323. The molecule has 12 aromatic rings. The fourth-order valence-electron chi connectivity index (χ4n) is 10.6. The number of hydrogen-bond acceptors (Lipinski definition) is 1. The highest BCUT2D eigenvalue weighted by Gasteiger charge is 2.38. The van der Waals surface area contributed by atoms with Crippen molar-refractivity contribution >= 4 is 71.8 Å². The first-order chi connectivity index (χ1) is 32.0. The van der Waals surface area contributed by atoms with E-state index in [-0.39, 0.29) is 0 Å². The maximum Gasteiger partial charge on any atom is 0.113 e. The third kappa shape index (κ3) is 6.11. The third-order valence-corrected chi connectivity index (χ3v) is 18.8. The van der Waals surface area contributed by atoms with E-state index in [1.807, 2.05) is 11.3 Å². The second-order valence-electron chi connectivity index (χ2n) is 18.1. The molecule has 0 unspecified atom stereocenters. The Bertz CT molecular complexity index is 3680. The highest BCUT2D eigenvalue weighted by atomic mass is 32.1. The van der Waals surface area contributed by atoms with Crippen LogP contribution in [0, 0.1) is 0 Å². The highest BCUT2D eigenvalue weighted by Crippen LogP contribution is 2.42. The van der Waals surface area contributed by atoms with Gasteiger partial charge in [-0.1, -0.05) is 195 Å². The number of hydrogen-bond donors (Lipinski definition) is 0. The minimum absolute atomic E-state index is 1.21. The Kier molecular flexibility index (Phi) is 8.61. The summed E-state index contributed by atoms with van der Waals surface area (Å²) in [5.74, 6) is 0. The van der Waals surface area contributed by atoms with Crippen LogP contribution >= 0.6 is 11.3 Å². The molecule has 1 aliphatic heterocycles. The summed E-state index contributed by atoms with van der Waals surface area (Å²) in [6.07, 6.45) is 0. The van der Waals surface area contributed by atoms with Crippen molar-refractivity contribution in [2.75, 3.05) is 0 Å². The molecule has 1 nitrogen and oxygen atoms in total. The summed E-state index contributed by atoms with van der Waals surface area (Å²) in [4.78, 5) is 0. The zero-order valence-electron chi connectivity index (χ0n) is 36.2. The van der Waals surface area contributed by atoms with Gasteiger partial charge in [-0.05, 0) is 120 Å². The molecule has 0 N–H and O–H groups in total. The molecule has 0 saturated carbocycles. The normalized spacial score (nSPS) is 12.9. The van der Waals surface area contributed by atoms with Crippen molar-refractivity contribution in [1.29, 1.82) is 0 Å². The van der Waals surface area contributed by atoms with Crippen molar-refractivity contribution in [3.8, 4) is 72.4 Å². The predicted molar refractivity (Wildman–Crippen MR) is 283 cm³/mol. The van der Waals surface area contributed by atoms with E-state index >= 15 is 0 Å². The van der Waals surface area contributed by atoms with Crippen LogP contribution in [0.5, 0.6) is 0 Å². The van der Waals surface area contributed by atoms with Crippen LogP contribution in [0.25, 0.3) is 114 Å². The SMILES string of the molecule is C[Si]1(C)c2cc(-c3cccc4c3sc3ccccc34)ccc2-c2ccc(-n3c4ccc(-c5ccc(-c6ccccc6)cc5)cc4c4cc(-c5ccc(-c6ccccc6)cc5)ccc43)cc21. The lowest BCUT2D eigenvalue weighted by molar-refractivity contribution is 1.18. The molecule has 0 spiro atoms. The van der Waals surface area contributed by atoms with Gasteiger partial charge >= 0.3 is 0 Å². The van der Waals surface area contributed by atoms with Crippen LogP contribution < -0.4 is 10.4 Å². The number of thiophene rings is 1. The number of rotatable bonds is 6. The fourth-order valence-corrected chi connectivity index (χ4v) is 15.0. The van der Waals surface area contributed by atoms with E-state index in [0.29, 0.717) is 0 Å². The molecule has 306 valence electrons. The van der Waals surface area contributed by atoms with E-state index in [1.54, 1.807) is 0 Å². The van der Waals surface area contributed by atoms with Crippen LogP contribution in [-0.4, -0.2) is 12.6 Å². The summed E-state index contributed by atoms with van der Waals surface area (Å²) >= 11 is 1.91. The van der Waals surface area contributed by atoms with Crippen LogP contribution in [0.15, 0.2) is 224 Å². The van der Waals surface area contributed by atoms with Crippen LogP contribution in [0.2, 0.25) is 13.1 Å². The average molecular weight is 862 g/mol. The summed E-state index contributed by atoms with van der Waals surface area (Å²) in [5.41, 5.74) is 18.8. The van der Waals surface area contributed by atoms with Gasteiger partial charge < -0.3 is 4.57 Å². The van der Waals surface area contributed by atoms with Crippen molar-refractivity contribution in [3.05, 3.63) is 224 Å². The minimum atomic E-state index is -2.10. The molecule has 10 aromatic carbocycles.